The third kappa shape index (κ3) is 3.37. The van der Waals surface area contributed by atoms with Gasteiger partial charge in [0, 0.05) is 24.2 Å². The van der Waals surface area contributed by atoms with Crippen LogP contribution in [0.5, 0.6) is 0 Å². The highest BCUT2D eigenvalue weighted by Gasteiger charge is 2.61. The topological polar surface area (TPSA) is 90.1 Å². The number of aromatic nitrogens is 1. The SMILES string of the molecule is Cc1ncccc1CC(=O)[C@@H]1[C@@H](c2ccc(S(N)(=O)=O)cc2)C1(C)C. The average molecular weight is 358 g/mol. The third-order valence-electron chi connectivity index (χ3n) is 5.22. The second-order valence-corrected chi connectivity index (χ2v) is 8.84. The third-order valence-corrected chi connectivity index (χ3v) is 6.15. The highest BCUT2D eigenvalue weighted by Crippen LogP contribution is 2.64. The van der Waals surface area contributed by atoms with E-state index < -0.39 is 10.0 Å². The van der Waals surface area contributed by atoms with Crippen molar-refractivity contribution in [3.63, 3.8) is 0 Å². The van der Waals surface area contributed by atoms with Crippen LogP contribution in [0.1, 0.15) is 36.6 Å². The average Bonchev–Trinajstić information content (AvgIpc) is 3.11. The smallest absolute Gasteiger partial charge is 0.238 e. The van der Waals surface area contributed by atoms with Gasteiger partial charge in [0.15, 0.2) is 0 Å². The molecule has 2 N–H and O–H groups in total. The number of nitrogens with two attached hydrogens (primary N) is 1. The molecule has 1 fully saturated rings. The van der Waals surface area contributed by atoms with Gasteiger partial charge in [-0.15, -0.1) is 0 Å². The molecule has 1 aromatic carbocycles. The van der Waals surface area contributed by atoms with Crippen LogP contribution >= 0.6 is 0 Å². The summed E-state index contributed by atoms with van der Waals surface area (Å²) in [7, 11) is -3.70. The molecule has 0 amide bonds. The van der Waals surface area contributed by atoms with Crippen molar-refractivity contribution in [1.29, 1.82) is 0 Å². The Labute approximate surface area is 148 Å². The minimum Gasteiger partial charge on any atom is -0.299 e. The Balaban J connectivity index is 1.80. The molecule has 1 aromatic heterocycles. The van der Waals surface area contributed by atoms with E-state index in [0.29, 0.717) is 6.42 Å². The van der Waals surface area contributed by atoms with Crippen molar-refractivity contribution in [3.8, 4) is 0 Å². The quantitative estimate of drug-likeness (QED) is 0.889. The lowest BCUT2D eigenvalue weighted by Crippen LogP contribution is -2.12. The first kappa shape index (κ1) is 17.8. The van der Waals surface area contributed by atoms with Crippen molar-refractivity contribution in [2.75, 3.05) is 0 Å². The van der Waals surface area contributed by atoms with Gasteiger partial charge in [0.25, 0.3) is 0 Å². The molecule has 3 rings (SSSR count). The second kappa shape index (κ2) is 6.04. The van der Waals surface area contributed by atoms with Gasteiger partial charge in [-0.05, 0) is 47.6 Å². The van der Waals surface area contributed by atoms with E-state index in [1.807, 2.05) is 19.1 Å². The summed E-state index contributed by atoms with van der Waals surface area (Å²) in [6.07, 6.45) is 2.10. The molecule has 1 aliphatic rings. The van der Waals surface area contributed by atoms with Crippen LogP contribution in [0, 0.1) is 18.3 Å². The lowest BCUT2D eigenvalue weighted by atomic mass is 10.0. The van der Waals surface area contributed by atoms with Gasteiger partial charge < -0.3 is 0 Å². The van der Waals surface area contributed by atoms with E-state index in [-0.39, 0.29) is 27.9 Å². The van der Waals surface area contributed by atoms with Crippen LogP contribution in [0.25, 0.3) is 0 Å². The molecule has 5 nitrogen and oxygen atoms in total. The summed E-state index contributed by atoms with van der Waals surface area (Å²) in [5.41, 5.74) is 2.66. The lowest BCUT2D eigenvalue weighted by molar-refractivity contribution is -0.120. The van der Waals surface area contributed by atoms with E-state index in [2.05, 4.69) is 18.8 Å². The molecular formula is C19H22N2O3S. The molecule has 2 atom stereocenters. The predicted octanol–water partition coefficient (Wildman–Crippen LogP) is 2.59. The van der Waals surface area contributed by atoms with Gasteiger partial charge in [-0.3, -0.25) is 9.78 Å². The summed E-state index contributed by atoms with van der Waals surface area (Å²) in [5, 5.41) is 5.14. The largest absolute Gasteiger partial charge is 0.299 e. The first-order valence-corrected chi connectivity index (χ1v) is 9.73. The molecule has 0 aliphatic heterocycles. The van der Waals surface area contributed by atoms with Crippen LogP contribution < -0.4 is 5.14 Å². The Kier molecular flexibility index (Phi) is 4.29. The van der Waals surface area contributed by atoms with Crippen molar-refractivity contribution in [2.45, 2.75) is 38.0 Å². The molecule has 2 aromatic rings. The van der Waals surface area contributed by atoms with E-state index in [0.717, 1.165) is 16.8 Å². The van der Waals surface area contributed by atoms with Gasteiger partial charge >= 0.3 is 0 Å². The number of rotatable bonds is 5. The van der Waals surface area contributed by atoms with Crippen molar-refractivity contribution < 1.29 is 13.2 Å². The number of hydrogen-bond donors (Lipinski definition) is 1. The van der Waals surface area contributed by atoms with Crippen LogP contribution in [-0.2, 0) is 21.2 Å². The van der Waals surface area contributed by atoms with Crippen molar-refractivity contribution in [2.24, 2.45) is 16.5 Å². The standard InChI is InChI=1S/C19H22N2O3S/c1-12-14(5-4-10-21-12)11-16(22)18-17(19(18,2)3)13-6-8-15(9-7-13)25(20,23)24/h4-10,17-18H,11H2,1-3H3,(H2,20,23,24)/t17-,18-/m1/s1. The van der Waals surface area contributed by atoms with E-state index >= 15 is 0 Å². The fourth-order valence-corrected chi connectivity index (χ4v) is 4.24. The number of carbonyl (C=O) groups excluding carboxylic acids is 1. The highest BCUT2D eigenvalue weighted by molar-refractivity contribution is 7.89. The Bertz CT molecular complexity index is 918. The molecule has 0 unspecified atom stereocenters. The summed E-state index contributed by atoms with van der Waals surface area (Å²) in [6, 6.07) is 10.3. The van der Waals surface area contributed by atoms with E-state index in [4.69, 9.17) is 5.14 Å². The molecule has 0 bridgehead atoms. The summed E-state index contributed by atoms with van der Waals surface area (Å²) in [4.78, 5) is 17.1. The zero-order valence-electron chi connectivity index (χ0n) is 14.6. The fourth-order valence-electron chi connectivity index (χ4n) is 3.73. The number of sulfonamides is 1. The summed E-state index contributed by atoms with van der Waals surface area (Å²) < 4.78 is 22.8. The van der Waals surface area contributed by atoms with E-state index in [1.165, 1.54) is 12.1 Å². The molecule has 25 heavy (non-hydrogen) atoms. The van der Waals surface area contributed by atoms with Gasteiger partial charge in [-0.25, -0.2) is 13.6 Å². The molecule has 132 valence electrons. The molecule has 1 aliphatic carbocycles. The van der Waals surface area contributed by atoms with Gasteiger partial charge in [-0.1, -0.05) is 32.0 Å². The Morgan fingerprint density at radius 1 is 1.20 bits per heavy atom. The number of primary sulfonamides is 1. The monoisotopic (exact) mass is 358 g/mol. The molecular weight excluding hydrogens is 336 g/mol. The summed E-state index contributed by atoms with van der Waals surface area (Å²) >= 11 is 0. The number of Topliss-reactive ketones (excluding diaryl/α,β-unsaturated/α-hetero) is 1. The molecule has 0 radical (unpaired) electrons. The molecule has 1 saturated carbocycles. The maximum atomic E-state index is 12.8. The second-order valence-electron chi connectivity index (χ2n) is 7.28. The van der Waals surface area contributed by atoms with Crippen molar-refractivity contribution >= 4 is 15.8 Å². The summed E-state index contributed by atoms with van der Waals surface area (Å²) in [6.45, 7) is 6.05. The molecule has 0 spiro atoms. The predicted molar refractivity (Wildman–Crippen MR) is 95.5 cm³/mol. The first-order chi connectivity index (χ1) is 11.6. The number of carbonyl (C=O) groups is 1. The maximum Gasteiger partial charge on any atom is 0.238 e. The Morgan fingerprint density at radius 3 is 2.40 bits per heavy atom. The number of aryl methyl sites for hydroxylation is 1. The molecule has 1 heterocycles. The van der Waals surface area contributed by atoms with Gasteiger partial charge in [-0.2, -0.15) is 0 Å². The Morgan fingerprint density at radius 2 is 1.84 bits per heavy atom. The van der Waals surface area contributed by atoms with E-state index in [9.17, 15) is 13.2 Å². The number of hydrogen-bond acceptors (Lipinski definition) is 4. The van der Waals surface area contributed by atoms with Crippen molar-refractivity contribution in [1.82, 2.24) is 4.98 Å². The number of ketones is 1. The molecule has 6 heteroatoms. The summed E-state index contributed by atoms with van der Waals surface area (Å²) in [5.74, 6) is 0.209. The minimum absolute atomic E-state index is 0.0764. The van der Waals surface area contributed by atoms with Crippen LogP contribution in [0.15, 0.2) is 47.5 Å². The zero-order valence-corrected chi connectivity index (χ0v) is 15.4. The normalized spacial score (nSPS) is 21.8. The van der Waals surface area contributed by atoms with Crippen LogP contribution in [0.4, 0.5) is 0 Å². The number of nitrogens with zero attached hydrogens (tertiary/aromatic N) is 1. The fraction of sp³-hybridized carbons (Fsp3) is 0.368. The van der Waals surface area contributed by atoms with Gasteiger partial charge in [0.1, 0.15) is 5.78 Å². The molecule has 0 saturated heterocycles. The minimum atomic E-state index is -3.70. The van der Waals surface area contributed by atoms with Gasteiger partial charge in [0.2, 0.25) is 10.0 Å². The highest BCUT2D eigenvalue weighted by atomic mass is 32.2. The zero-order chi connectivity index (χ0) is 18.4. The number of benzene rings is 1. The Hall–Kier alpha value is -2.05. The first-order valence-electron chi connectivity index (χ1n) is 8.18. The lowest BCUT2D eigenvalue weighted by Gasteiger charge is -2.05. The van der Waals surface area contributed by atoms with Crippen LogP contribution in [0.2, 0.25) is 0 Å². The van der Waals surface area contributed by atoms with Gasteiger partial charge in [0.05, 0.1) is 4.90 Å². The van der Waals surface area contributed by atoms with E-state index in [1.54, 1.807) is 18.3 Å². The number of pyridine rings is 1. The maximum absolute atomic E-state index is 12.8. The van der Waals surface area contributed by atoms with Crippen LogP contribution in [0.3, 0.4) is 0 Å². The van der Waals surface area contributed by atoms with Crippen molar-refractivity contribution in [3.05, 3.63) is 59.4 Å². The van der Waals surface area contributed by atoms with Crippen LogP contribution in [-0.4, -0.2) is 19.2 Å².